The molecular formula is C14H19BrFNSi. The zero-order chi connectivity index (χ0) is 13.7. The third-order valence-corrected chi connectivity index (χ3v) is 10.3. The van der Waals surface area contributed by atoms with Crippen molar-refractivity contribution in [2.24, 2.45) is 0 Å². The fourth-order valence-electron chi connectivity index (χ4n) is 2.00. The van der Waals surface area contributed by atoms with Crippen molar-refractivity contribution in [2.45, 2.75) is 38.9 Å². The molecule has 0 saturated carbocycles. The monoisotopic (exact) mass is 327 g/mol. The minimum absolute atomic E-state index is 0.199. The van der Waals surface area contributed by atoms with Gasteiger partial charge in [0.05, 0.1) is 4.47 Å². The molecule has 0 aliphatic heterocycles. The van der Waals surface area contributed by atoms with E-state index >= 15 is 0 Å². The largest absolute Gasteiger partial charge is 0.374 e. The summed E-state index contributed by atoms with van der Waals surface area (Å²) in [6, 6.07) is 5.43. The second-order valence-corrected chi connectivity index (χ2v) is 12.2. The molecule has 98 valence electrons. The molecule has 18 heavy (non-hydrogen) atoms. The molecule has 1 nitrogen and oxygen atoms in total. The highest BCUT2D eigenvalue weighted by atomic mass is 79.9. The van der Waals surface area contributed by atoms with Crippen LogP contribution >= 0.6 is 15.9 Å². The molecule has 0 fully saturated rings. The van der Waals surface area contributed by atoms with E-state index in [4.69, 9.17) is 0 Å². The Hall–Kier alpha value is -0.613. The maximum absolute atomic E-state index is 13.5. The van der Waals surface area contributed by atoms with Gasteiger partial charge in [0.25, 0.3) is 0 Å². The highest BCUT2D eigenvalue weighted by Gasteiger charge is 2.38. The van der Waals surface area contributed by atoms with Gasteiger partial charge in [0, 0.05) is 10.9 Å². The van der Waals surface area contributed by atoms with E-state index in [1.807, 2.05) is 12.1 Å². The molecule has 0 unspecified atom stereocenters. The summed E-state index contributed by atoms with van der Waals surface area (Å²) in [5, 5.41) is 1.21. The second kappa shape index (κ2) is 4.20. The minimum Gasteiger partial charge on any atom is -0.374 e. The third kappa shape index (κ3) is 1.95. The maximum Gasteiger partial charge on any atom is 0.161 e. The number of rotatable bonds is 1. The molecule has 0 amide bonds. The van der Waals surface area contributed by atoms with Crippen LogP contribution in [-0.4, -0.2) is 12.5 Å². The predicted molar refractivity (Wildman–Crippen MR) is 82.2 cm³/mol. The Bertz CT molecular complexity index is 596. The van der Waals surface area contributed by atoms with Crippen LogP contribution in [0.5, 0.6) is 0 Å². The normalized spacial score (nSPS) is 13.3. The lowest BCUT2D eigenvalue weighted by atomic mass is 10.2. The Balaban J connectivity index is 2.72. The van der Waals surface area contributed by atoms with Gasteiger partial charge in [-0.15, -0.1) is 0 Å². The summed E-state index contributed by atoms with van der Waals surface area (Å²) < 4.78 is 16.5. The van der Waals surface area contributed by atoms with Gasteiger partial charge >= 0.3 is 0 Å². The van der Waals surface area contributed by atoms with Gasteiger partial charge in [-0.1, -0.05) is 33.9 Å². The average Bonchev–Trinajstić information content (AvgIpc) is 2.66. The summed E-state index contributed by atoms with van der Waals surface area (Å²) in [4.78, 5) is 0. The van der Waals surface area contributed by atoms with Crippen molar-refractivity contribution in [3.63, 3.8) is 0 Å². The Morgan fingerprint density at radius 2 is 1.78 bits per heavy atom. The summed E-state index contributed by atoms with van der Waals surface area (Å²) in [6.45, 7) is 11.5. The molecule has 0 aliphatic carbocycles. The van der Waals surface area contributed by atoms with Gasteiger partial charge in [-0.3, -0.25) is 0 Å². The fourth-order valence-corrected chi connectivity index (χ4v) is 4.44. The van der Waals surface area contributed by atoms with Crippen LogP contribution < -0.4 is 0 Å². The van der Waals surface area contributed by atoms with Crippen molar-refractivity contribution >= 4 is 35.1 Å². The van der Waals surface area contributed by atoms with E-state index < -0.39 is 8.24 Å². The summed E-state index contributed by atoms with van der Waals surface area (Å²) >= 11 is 3.34. The van der Waals surface area contributed by atoms with Crippen LogP contribution in [-0.2, 0) is 0 Å². The van der Waals surface area contributed by atoms with Crippen LogP contribution in [0.3, 0.4) is 0 Å². The van der Waals surface area contributed by atoms with Gasteiger partial charge in [-0.2, -0.15) is 0 Å². The minimum atomic E-state index is -1.66. The first kappa shape index (κ1) is 13.8. The standard InChI is InChI=1S/C14H19BrFNSi/c1-14(2,3)18(4,5)17-9-8-10-12(17)7-6-11(16)13(10)15/h6-9H,1-5H3. The van der Waals surface area contributed by atoms with E-state index in [9.17, 15) is 4.39 Å². The quantitative estimate of drug-likeness (QED) is 0.618. The Morgan fingerprint density at radius 1 is 1.17 bits per heavy atom. The lowest BCUT2D eigenvalue weighted by Gasteiger charge is -2.38. The van der Waals surface area contributed by atoms with E-state index in [-0.39, 0.29) is 10.9 Å². The van der Waals surface area contributed by atoms with Crippen LogP contribution in [0.15, 0.2) is 28.9 Å². The van der Waals surface area contributed by atoms with Crippen molar-refractivity contribution in [2.75, 3.05) is 0 Å². The summed E-state index contributed by atoms with van der Waals surface area (Å²) in [5.41, 5.74) is 1.12. The van der Waals surface area contributed by atoms with E-state index in [1.54, 1.807) is 0 Å². The SMILES string of the molecule is CC(C)(C)[Si](C)(C)n1ccc2c(Br)c(F)ccc21. The molecule has 1 heterocycles. The van der Waals surface area contributed by atoms with Crippen LogP contribution in [0.25, 0.3) is 10.9 Å². The van der Waals surface area contributed by atoms with E-state index in [0.29, 0.717) is 4.47 Å². The first-order valence-electron chi connectivity index (χ1n) is 6.12. The van der Waals surface area contributed by atoms with Crippen LogP contribution in [0, 0.1) is 5.82 Å². The van der Waals surface area contributed by atoms with Gasteiger partial charge in [0.15, 0.2) is 8.24 Å². The average molecular weight is 328 g/mol. The molecule has 1 aromatic carbocycles. The molecular weight excluding hydrogens is 309 g/mol. The number of aromatic nitrogens is 1. The summed E-state index contributed by atoms with van der Waals surface area (Å²) in [7, 11) is -1.66. The zero-order valence-electron chi connectivity index (χ0n) is 11.5. The van der Waals surface area contributed by atoms with Gasteiger partial charge in [-0.25, -0.2) is 4.39 Å². The van der Waals surface area contributed by atoms with Gasteiger partial charge in [-0.05, 0) is 45.4 Å². The highest BCUT2D eigenvalue weighted by Crippen LogP contribution is 2.39. The smallest absolute Gasteiger partial charge is 0.161 e. The van der Waals surface area contributed by atoms with Crippen molar-refractivity contribution in [3.8, 4) is 0 Å². The van der Waals surface area contributed by atoms with Gasteiger partial charge in [0.1, 0.15) is 5.82 Å². The van der Waals surface area contributed by atoms with Crippen molar-refractivity contribution in [1.82, 2.24) is 4.23 Å². The first-order chi connectivity index (χ1) is 8.16. The van der Waals surface area contributed by atoms with Crippen molar-refractivity contribution < 1.29 is 4.39 Å². The lowest BCUT2D eigenvalue weighted by Crippen LogP contribution is -2.44. The Labute approximate surface area is 117 Å². The number of fused-ring (bicyclic) bond motifs is 1. The Morgan fingerprint density at radius 3 is 2.33 bits per heavy atom. The van der Waals surface area contributed by atoms with Gasteiger partial charge in [0.2, 0.25) is 0 Å². The molecule has 0 radical (unpaired) electrons. The molecule has 1 aromatic heterocycles. The summed E-state index contributed by atoms with van der Waals surface area (Å²) in [6.07, 6.45) is 2.10. The first-order valence-corrected chi connectivity index (χ1v) is 9.86. The Kier molecular flexibility index (Phi) is 3.22. The molecule has 0 bridgehead atoms. The molecule has 0 spiro atoms. The van der Waals surface area contributed by atoms with E-state index in [1.165, 1.54) is 6.07 Å². The molecule has 0 N–H and O–H groups in total. The van der Waals surface area contributed by atoms with Crippen LogP contribution in [0.4, 0.5) is 4.39 Å². The number of hydrogen-bond donors (Lipinski definition) is 0. The van der Waals surface area contributed by atoms with E-state index in [2.05, 4.69) is 60.2 Å². The molecule has 0 aliphatic rings. The fraction of sp³-hybridized carbons (Fsp3) is 0.429. The summed E-state index contributed by atoms with van der Waals surface area (Å²) in [5.74, 6) is -0.199. The predicted octanol–water partition coefficient (Wildman–Crippen LogP) is 5.40. The van der Waals surface area contributed by atoms with Crippen molar-refractivity contribution in [1.29, 1.82) is 0 Å². The van der Waals surface area contributed by atoms with Crippen LogP contribution in [0.1, 0.15) is 20.8 Å². The lowest BCUT2D eigenvalue weighted by molar-refractivity contribution is 0.623. The molecule has 0 atom stereocenters. The zero-order valence-corrected chi connectivity index (χ0v) is 14.1. The third-order valence-electron chi connectivity index (χ3n) is 4.20. The number of hydrogen-bond acceptors (Lipinski definition) is 0. The highest BCUT2D eigenvalue weighted by molar-refractivity contribution is 9.10. The van der Waals surface area contributed by atoms with Gasteiger partial charge < -0.3 is 4.23 Å². The second-order valence-electron chi connectivity index (χ2n) is 6.29. The topological polar surface area (TPSA) is 4.93 Å². The maximum atomic E-state index is 13.5. The molecule has 2 aromatic rings. The molecule has 4 heteroatoms. The number of nitrogens with zero attached hydrogens (tertiary/aromatic N) is 1. The van der Waals surface area contributed by atoms with Crippen molar-refractivity contribution in [3.05, 3.63) is 34.7 Å². The van der Waals surface area contributed by atoms with Crippen LogP contribution in [0.2, 0.25) is 18.1 Å². The number of halogens is 2. The molecule has 0 saturated heterocycles. The molecule has 2 rings (SSSR count). The van der Waals surface area contributed by atoms with E-state index in [0.717, 1.165) is 10.9 Å². The number of benzene rings is 1.